The molecule has 1 aromatic heterocycles. The molecule has 0 saturated carbocycles. The highest BCUT2D eigenvalue weighted by Gasteiger charge is 2.14. The van der Waals surface area contributed by atoms with Gasteiger partial charge in [0, 0.05) is 23.4 Å². The van der Waals surface area contributed by atoms with Crippen molar-refractivity contribution in [1.29, 1.82) is 0 Å². The molecule has 8 heteroatoms. The van der Waals surface area contributed by atoms with Gasteiger partial charge in [-0.3, -0.25) is 4.79 Å². The van der Waals surface area contributed by atoms with Gasteiger partial charge in [0.05, 0.1) is 5.69 Å². The van der Waals surface area contributed by atoms with E-state index in [1.807, 2.05) is 30.3 Å². The van der Waals surface area contributed by atoms with Crippen LogP contribution in [-0.4, -0.2) is 16.0 Å². The predicted molar refractivity (Wildman–Crippen MR) is 115 cm³/mol. The Morgan fingerprint density at radius 1 is 1.06 bits per heavy atom. The number of halogens is 2. The van der Waals surface area contributed by atoms with Crippen molar-refractivity contribution in [3.63, 3.8) is 0 Å². The molecular weight excluding hydrogens is 421 g/mol. The molecule has 0 bridgehead atoms. The van der Waals surface area contributed by atoms with Crippen molar-refractivity contribution in [1.82, 2.24) is 10.1 Å². The molecule has 1 heterocycles. The van der Waals surface area contributed by atoms with E-state index in [9.17, 15) is 9.18 Å². The van der Waals surface area contributed by atoms with Crippen molar-refractivity contribution in [2.75, 3.05) is 5.32 Å². The molecule has 0 atom stereocenters. The van der Waals surface area contributed by atoms with Crippen molar-refractivity contribution in [3.05, 3.63) is 89.5 Å². The van der Waals surface area contributed by atoms with Crippen LogP contribution in [0.15, 0.2) is 77.3 Å². The monoisotopic (exact) mass is 437 g/mol. The maximum Gasteiger partial charge on any atom is 0.227 e. The van der Waals surface area contributed by atoms with Crippen LogP contribution in [0.1, 0.15) is 12.3 Å². The summed E-state index contributed by atoms with van der Waals surface area (Å²) in [5.74, 6) is 0.986. The second-order valence-corrected chi connectivity index (χ2v) is 7.06. The zero-order valence-electron chi connectivity index (χ0n) is 16.2. The number of carbonyl (C=O) groups excluding carboxylic acids is 1. The Hall–Kier alpha value is -3.71. The third kappa shape index (κ3) is 5.46. The van der Waals surface area contributed by atoms with Gasteiger partial charge in [0.15, 0.2) is 5.75 Å². The van der Waals surface area contributed by atoms with E-state index in [4.69, 9.17) is 20.9 Å². The Balaban J connectivity index is 1.40. The molecule has 4 aromatic rings. The zero-order chi connectivity index (χ0) is 21.6. The number of nitrogens with one attached hydrogen (secondary N) is 1. The van der Waals surface area contributed by atoms with Gasteiger partial charge >= 0.3 is 0 Å². The third-order valence-electron chi connectivity index (χ3n) is 4.30. The molecule has 156 valence electrons. The lowest BCUT2D eigenvalue weighted by Gasteiger charge is -2.12. The van der Waals surface area contributed by atoms with E-state index < -0.39 is 5.82 Å². The fraction of sp³-hybridized carbons (Fsp3) is 0.0870. The number of hydrogen-bond donors (Lipinski definition) is 1. The van der Waals surface area contributed by atoms with Crippen LogP contribution in [-0.2, 0) is 11.2 Å². The summed E-state index contributed by atoms with van der Waals surface area (Å²) in [4.78, 5) is 16.7. The first kappa shape index (κ1) is 20.6. The molecule has 3 aromatic carbocycles. The lowest BCUT2D eigenvalue weighted by Crippen LogP contribution is -2.13. The number of rotatable bonds is 7. The number of ether oxygens (including phenoxy) is 1. The summed E-state index contributed by atoms with van der Waals surface area (Å²) in [6, 6.07) is 20.1. The number of hydrogen-bond acceptors (Lipinski definition) is 5. The van der Waals surface area contributed by atoms with Crippen molar-refractivity contribution < 1.29 is 18.4 Å². The lowest BCUT2D eigenvalue weighted by molar-refractivity contribution is -0.116. The second kappa shape index (κ2) is 9.40. The standard InChI is InChI=1S/C23H17ClFN3O3/c24-16-9-10-20(30-18-7-2-1-3-8-18)19(14-16)26-21(29)11-12-22-27-23(28-31-22)15-5-4-6-17(25)13-15/h1-10,13-14H,11-12H2,(H,26,29). The number of aromatic nitrogens is 2. The maximum absolute atomic E-state index is 13.4. The lowest BCUT2D eigenvalue weighted by atomic mass is 10.2. The Kier molecular flexibility index (Phi) is 6.24. The summed E-state index contributed by atoms with van der Waals surface area (Å²) in [6.45, 7) is 0. The van der Waals surface area contributed by atoms with Crippen molar-refractivity contribution in [2.45, 2.75) is 12.8 Å². The van der Waals surface area contributed by atoms with Crippen LogP contribution >= 0.6 is 11.6 Å². The van der Waals surface area contributed by atoms with E-state index in [1.54, 1.807) is 30.3 Å². The molecule has 0 fully saturated rings. The summed E-state index contributed by atoms with van der Waals surface area (Å²) in [6.07, 6.45) is 0.325. The molecule has 0 spiro atoms. The molecule has 0 aliphatic carbocycles. The number of aryl methyl sites for hydroxylation is 1. The topological polar surface area (TPSA) is 77.2 Å². The second-order valence-electron chi connectivity index (χ2n) is 6.63. The van der Waals surface area contributed by atoms with E-state index in [2.05, 4.69) is 15.5 Å². The van der Waals surface area contributed by atoms with Gasteiger partial charge in [-0.15, -0.1) is 0 Å². The molecule has 0 radical (unpaired) electrons. The van der Waals surface area contributed by atoms with Crippen LogP contribution in [0.2, 0.25) is 5.02 Å². The normalized spacial score (nSPS) is 10.6. The fourth-order valence-corrected chi connectivity index (χ4v) is 3.01. The van der Waals surface area contributed by atoms with Crippen molar-refractivity contribution in [2.24, 2.45) is 0 Å². The summed E-state index contributed by atoms with van der Waals surface area (Å²) >= 11 is 6.08. The molecule has 1 amide bonds. The van der Waals surface area contributed by atoms with E-state index in [0.29, 0.717) is 27.8 Å². The maximum atomic E-state index is 13.4. The smallest absolute Gasteiger partial charge is 0.227 e. The van der Waals surface area contributed by atoms with Crippen LogP contribution in [0.5, 0.6) is 11.5 Å². The van der Waals surface area contributed by atoms with E-state index in [1.165, 1.54) is 12.1 Å². The molecule has 31 heavy (non-hydrogen) atoms. The average molecular weight is 438 g/mol. The first-order chi connectivity index (χ1) is 15.1. The number of anilines is 1. The van der Waals surface area contributed by atoms with Gasteiger partial charge in [-0.1, -0.05) is 47.1 Å². The largest absolute Gasteiger partial charge is 0.455 e. The molecule has 4 rings (SSSR count). The van der Waals surface area contributed by atoms with Gasteiger partial charge in [-0.2, -0.15) is 4.98 Å². The quantitative estimate of drug-likeness (QED) is 0.390. The molecule has 0 aliphatic heterocycles. The van der Waals surface area contributed by atoms with Crippen LogP contribution in [0.25, 0.3) is 11.4 Å². The van der Waals surface area contributed by atoms with Gasteiger partial charge in [0.1, 0.15) is 11.6 Å². The SMILES string of the molecule is O=C(CCc1nc(-c2cccc(F)c2)no1)Nc1cc(Cl)ccc1Oc1ccccc1. The van der Waals surface area contributed by atoms with Crippen LogP contribution in [0, 0.1) is 5.82 Å². The number of amides is 1. The van der Waals surface area contributed by atoms with E-state index >= 15 is 0 Å². The summed E-state index contributed by atoms with van der Waals surface area (Å²) in [7, 11) is 0. The molecule has 1 N–H and O–H groups in total. The number of para-hydroxylation sites is 1. The molecule has 0 unspecified atom stereocenters. The first-order valence-corrected chi connectivity index (χ1v) is 9.85. The van der Waals surface area contributed by atoms with E-state index in [0.717, 1.165) is 0 Å². The highest BCUT2D eigenvalue weighted by Crippen LogP contribution is 2.32. The van der Waals surface area contributed by atoms with Crippen LogP contribution in [0.3, 0.4) is 0 Å². The Morgan fingerprint density at radius 2 is 1.90 bits per heavy atom. The number of carbonyl (C=O) groups is 1. The Bertz CT molecular complexity index is 1200. The Labute approximate surface area is 182 Å². The van der Waals surface area contributed by atoms with Gasteiger partial charge in [0.2, 0.25) is 17.6 Å². The van der Waals surface area contributed by atoms with Crippen molar-refractivity contribution in [3.8, 4) is 22.9 Å². The molecule has 0 saturated heterocycles. The molecule has 6 nitrogen and oxygen atoms in total. The Morgan fingerprint density at radius 3 is 2.71 bits per heavy atom. The molecule has 0 aliphatic rings. The number of nitrogens with zero attached hydrogens (tertiary/aromatic N) is 2. The minimum Gasteiger partial charge on any atom is -0.455 e. The highest BCUT2D eigenvalue weighted by atomic mass is 35.5. The fourth-order valence-electron chi connectivity index (χ4n) is 2.84. The summed E-state index contributed by atoms with van der Waals surface area (Å²) in [5, 5.41) is 7.11. The average Bonchev–Trinajstić information content (AvgIpc) is 3.24. The van der Waals surface area contributed by atoms with Gasteiger partial charge in [0.25, 0.3) is 0 Å². The minimum atomic E-state index is -0.390. The molecular formula is C23H17ClFN3O3. The van der Waals surface area contributed by atoms with Gasteiger partial charge in [-0.25, -0.2) is 4.39 Å². The van der Waals surface area contributed by atoms with Crippen LogP contribution in [0.4, 0.5) is 10.1 Å². The highest BCUT2D eigenvalue weighted by molar-refractivity contribution is 6.31. The van der Waals surface area contributed by atoms with Gasteiger partial charge < -0.3 is 14.6 Å². The first-order valence-electron chi connectivity index (χ1n) is 9.48. The van der Waals surface area contributed by atoms with E-state index in [-0.39, 0.29) is 30.5 Å². The third-order valence-corrected chi connectivity index (χ3v) is 4.54. The predicted octanol–water partition coefficient (Wildman–Crippen LogP) is 5.89. The summed E-state index contributed by atoms with van der Waals surface area (Å²) in [5.41, 5.74) is 0.952. The van der Waals surface area contributed by atoms with Crippen LogP contribution < -0.4 is 10.1 Å². The minimum absolute atomic E-state index is 0.0993. The van der Waals surface area contributed by atoms with Gasteiger partial charge in [-0.05, 0) is 42.5 Å². The van der Waals surface area contributed by atoms with Crippen molar-refractivity contribution >= 4 is 23.2 Å². The number of benzene rings is 3. The summed E-state index contributed by atoms with van der Waals surface area (Å²) < 4.78 is 24.4. The zero-order valence-corrected chi connectivity index (χ0v) is 17.0.